The molecule has 2 amide bonds. The van der Waals surface area contributed by atoms with E-state index in [2.05, 4.69) is 15.3 Å². The molecule has 1 fully saturated rings. The molecule has 4 N–H and O–H groups in total. The highest BCUT2D eigenvalue weighted by atomic mass is 19.4. The van der Waals surface area contributed by atoms with Gasteiger partial charge in [0, 0.05) is 28.5 Å². The number of halogens is 7. The predicted octanol–water partition coefficient (Wildman–Crippen LogP) is 6.12. The Labute approximate surface area is 280 Å². The third kappa shape index (κ3) is 7.96. The summed E-state index contributed by atoms with van der Waals surface area (Å²) in [6.07, 6.45) is -8.84. The molecular weight excluding hydrogens is 677 g/mol. The number of benzene rings is 2. The highest BCUT2D eigenvalue weighted by molar-refractivity contribution is 5.96. The minimum atomic E-state index is -5.46. The second-order valence-corrected chi connectivity index (χ2v) is 11.4. The fourth-order valence-electron chi connectivity index (χ4n) is 4.93. The molecular formula is C34H29F7N4O5. The lowest BCUT2D eigenvalue weighted by Gasteiger charge is -2.31. The maximum Gasteiger partial charge on any atom is 0.424 e. The second-order valence-electron chi connectivity index (χ2n) is 11.4. The number of nitrogens with two attached hydrogens (primary N) is 1. The maximum atomic E-state index is 14.7. The van der Waals surface area contributed by atoms with Crippen LogP contribution >= 0.6 is 0 Å². The van der Waals surface area contributed by atoms with Gasteiger partial charge in [-0.05, 0) is 80.4 Å². The number of aromatic nitrogens is 2. The van der Waals surface area contributed by atoms with E-state index in [0.717, 1.165) is 43.2 Å². The molecule has 1 atom stereocenters. The normalized spacial score (nSPS) is 14.5. The molecule has 1 aliphatic rings. The number of nitrogens with zero attached hydrogens (tertiary/aromatic N) is 2. The predicted molar refractivity (Wildman–Crippen MR) is 164 cm³/mol. The van der Waals surface area contributed by atoms with Crippen LogP contribution in [-0.2, 0) is 23.0 Å². The van der Waals surface area contributed by atoms with Crippen molar-refractivity contribution in [2.24, 2.45) is 5.73 Å². The van der Waals surface area contributed by atoms with Crippen molar-refractivity contribution < 1.29 is 54.9 Å². The van der Waals surface area contributed by atoms with Gasteiger partial charge in [0.2, 0.25) is 11.5 Å². The number of pyridine rings is 2. The molecule has 1 aliphatic carbocycles. The van der Waals surface area contributed by atoms with E-state index in [1.54, 1.807) is 6.92 Å². The Bertz CT molecular complexity index is 1880. The third-order valence-corrected chi connectivity index (χ3v) is 7.64. The average molecular weight is 707 g/mol. The zero-order chi connectivity index (χ0) is 36.4. The number of carbonyl (C=O) groups excluding carboxylic acids is 2. The summed E-state index contributed by atoms with van der Waals surface area (Å²) < 4.78 is 109. The highest BCUT2D eigenvalue weighted by Gasteiger charge is 2.57. The Kier molecular flexibility index (Phi) is 10.0. The average Bonchev–Trinajstić information content (AvgIpc) is 3.88. The highest BCUT2D eigenvalue weighted by Crippen LogP contribution is 2.42. The van der Waals surface area contributed by atoms with Gasteiger partial charge in [-0.3, -0.25) is 14.6 Å². The standard InChI is InChI=1S/C34H29F7N4O5/c1-2-49-30-20(15-28(42)46)14-27(45-29(30)18-3-7-22(35)8-4-18)32(48,34(39,40)41)17-44-31(47)19-5-12-26(50-23-9-10-23)24(13-19)25-11-6-21(16-43-25)33(36,37)38/h3-8,11-14,16,23,48H,2,9-10,15,17H2,1H3,(H2,42,46)(H,44,47)/t32-/m0/s1. The van der Waals surface area contributed by atoms with Crippen LogP contribution in [0.4, 0.5) is 30.7 Å². The minimum absolute atomic E-state index is 0.00369. The first-order valence-electron chi connectivity index (χ1n) is 15.1. The lowest BCUT2D eigenvalue weighted by atomic mass is 9.93. The van der Waals surface area contributed by atoms with E-state index in [0.29, 0.717) is 6.20 Å². The first-order valence-corrected chi connectivity index (χ1v) is 15.1. The zero-order valence-corrected chi connectivity index (χ0v) is 26.2. The van der Waals surface area contributed by atoms with E-state index >= 15 is 0 Å². The van der Waals surface area contributed by atoms with Crippen LogP contribution in [0.1, 0.15) is 46.9 Å². The minimum Gasteiger partial charge on any atom is -0.491 e. The molecule has 2 heterocycles. The molecule has 0 saturated heterocycles. The molecule has 9 nitrogen and oxygen atoms in total. The molecule has 0 bridgehead atoms. The Morgan fingerprint density at radius 3 is 2.26 bits per heavy atom. The van der Waals surface area contributed by atoms with Crippen molar-refractivity contribution in [2.45, 2.75) is 50.2 Å². The van der Waals surface area contributed by atoms with Gasteiger partial charge in [-0.15, -0.1) is 0 Å². The number of carbonyl (C=O) groups is 2. The third-order valence-electron chi connectivity index (χ3n) is 7.64. The van der Waals surface area contributed by atoms with Gasteiger partial charge in [0.05, 0.1) is 42.6 Å². The maximum absolute atomic E-state index is 14.7. The summed E-state index contributed by atoms with van der Waals surface area (Å²) in [5, 5.41) is 13.3. The summed E-state index contributed by atoms with van der Waals surface area (Å²) in [5.74, 6) is -2.62. The summed E-state index contributed by atoms with van der Waals surface area (Å²) >= 11 is 0. The Morgan fingerprint density at radius 1 is 1.00 bits per heavy atom. The molecule has 2 aromatic carbocycles. The first kappa shape index (κ1) is 36.0. The van der Waals surface area contributed by atoms with Crippen molar-refractivity contribution in [3.63, 3.8) is 0 Å². The van der Waals surface area contributed by atoms with E-state index in [1.165, 1.54) is 30.3 Å². The molecule has 1 saturated carbocycles. The van der Waals surface area contributed by atoms with Crippen LogP contribution in [-0.4, -0.2) is 52.3 Å². The summed E-state index contributed by atoms with van der Waals surface area (Å²) in [5.41, 5.74) is -0.960. The Balaban J connectivity index is 1.52. The second kappa shape index (κ2) is 13.9. The summed E-state index contributed by atoms with van der Waals surface area (Å²) in [4.78, 5) is 33.1. The quantitative estimate of drug-likeness (QED) is 0.151. The van der Waals surface area contributed by atoms with Crippen molar-refractivity contribution in [1.82, 2.24) is 15.3 Å². The number of rotatable bonds is 12. The van der Waals surface area contributed by atoms with Gasteiger partial charge in [0.1, 0.15) is 23.0 Å². The molecule has 0 radical (unpaired) electrons. The van der Waals surface area contributed by atoms with Gasteiger partial charge in [-0.25, -0.2) is 9.37 Å². The molecule has 0 aliphatic heterocycles. The van der Waals surface area contributed by atoms with Crippen molar-refractivity contribution in [3.8, 4) is 34.0 Å². The van der Waals surface area contributed by atoms with E-state index < -0.39 is 59.8 Å². The largest absolute Gasteiger partial charge is 0.491 e. The molecule has 0 spiro atoms. The number of primary amides is 1. The molecule has 16 heteroatoms. The molecule has 2 aromatic heterocycles. The van der Waals surface area contributed by atoms with E-state index in [1.807, 2.05) is 0 Å². The number of hydrogen-bond acceptors (Lipinski definition) is 7. The summed E-state index contributed by atoms with van der Waals surface area (Å²) in [7, 11) is 0. The summed E-state index contributed by atoms with van der Waals surface area (Å²) in [6.45, 7) is 0.0973. The lowest BCUT2D eigenvalue weighted by Crippen LogP contribution is -2.51. The lowest BCUT2D eigenvalue weighted by molar-refractivity contribution is -0.265. The van der Waals surface area contributed by atoms with Gasteiger partial charge in [0.25, 0.3) is 5.91 Å². The van der Waals surface area contributed by atoms with E-state index in [9.17, 15) is 45.4 Å². The summed E-state index contributed by atoms with van der Waals surface area (Å²) in [6, 6.07) is 10.9. The fourth-order valence-corrected chi connectivity index (χ4v) is 4.93. The van der Waals surface area contributed by atoms with Gasteiger partial charge >= 0.3 is 12.4 Å². The van der Waals surface area contributed by atoms with Crippen molar-refractivity contribution >= 4 is 11.8 Å². The van der Waals surface area contributed by atoms with Crippen LogP contribution in [0.5, 0.6) is 11.5 Å². The number of aliphatic hydroxyl groups is 1. The smallest absolute Gasteiger partial charge is 0.424 e. The van der Waals surface area contributed by atoms with E-state index in [-0.39, 0.29) is 57.9 Å². The van der Waals surface area contributed by atoms with Gasteiger partial charge < -0.3 is 25.6 Å². The van der Waals surface area contributed by atoms with Crippen LogP contribution in [0, 0.1) is 5.82 Å². The van der Waals surface area contributed by atoms with Gasteiger partial charge in [-0.1, -0.05) is 0 Å². The van der Waals surface area contributed by atoms with Gasteiger partial charge in [0.15, 0.2) is 0 Å². The van der Waals surface area contributed by atoms with Crippen molar-refractivity contribution in [3.05, 3.63) is 95.1 Å². The van der Waals surface area contributed by atoms with Crippen molar-refractivity contribution in [1.29, 1.82) is 0 Å². The fraction of sp³-hybridized carbons (Fsp3) is 0.294. The molecule has 0 unspecified atom stereocenters. The molecule has 50 heavy (non-hydrogen) atoms. The zero-order valence-electron chi connectivity index (χ0n) is 26.2. The van der Waals surface area contributed by atoms with Crippen LogP contribution in [0.25, 0.3) is 22.5 Å². The number of alkyl halides is 6. The number of amides is 2. The van der Waals surface area contributed by atoms with Gasteiger partial charge in [-0.2, -0.15) is 26.3 Å². The van der Waals surface area contributed by atoms with Crippen LogP contribution in [0.2, 0.25) is 0 Å². The monoisotopic (exact) mass is 706 g/mol. The SMILES string of the molecule is CCOc1c(CC(N)=O)cc([C@@](O)(CNC(=O)c2ccc(OC3CC3)c(-c3ccc(C(F)(F)F)cn3)c2)C(F)(F)F)nc1-c1ccc(F)cc1. The number of ether oxygens (including phenoxy) is 2. The van der Waals surface area contributed by atoms with Crippen LogP contribution < -0.4 is 20.5 Å². The van der Waals surface area contributed by atoms with Crippen LogP contribution in [0.3, 0.4) is 0 Å². The molecule has 5 rings (SSSR count). The Morgan fingerprint density at radius 2 is 1.70 bits per heavy atom. The topological polar surface area (TPSA) is 137 Å². The molecule has 264 valence electrons. The van der Waals surface area contributed by atoms with Crippen molar-refractivity contribution in [2.75, 3.05) is 13.2 Å². The molecule has 4 aromatic rings. The number of nitrogens with one attached hydrogen (secondary N) is 1. The van der Waals surface area contributed by atoms with Crippen LogP contribution in [0.15, 0.2) is 66.9 Å². The number of hydrogen-bond donors (Lipinski definition) is 3. The van der Waals surface area contributed by atoms with E-state index in [4.69, 9.17) is 15.2 Å². The Hall–Kier alpha value is -5.25. The first-order chi connectivity index (χ1) is 23.5.